The lowest BCUT2D eigenvalue weighted by molar-refractivity contribution is 0.252. The van der Waals surface area contributed by atoms with Gasteiger partial charge in [0.05, 0.1) is 7.11 Å². The van der Waals surface area contributed by atoms with E-state index in [2.05, 4.69) is 5.32 Å². The minimum atomic E-state index is -0.465. The highest BCUT2D eigenvalue weighted by atomic mass is 35.5. The van der Waals surface area contributed by atoms with Crippen LogP contribution in [0.3, 0.4) is 0 Å². The summed E-state index contributed by atoms with van der Waals surface area (Å²) in [5.74, 6) is 5.57. The molecule has 0 aliphatic rings. The standard InChI is InChI=1S/C8H11N3O2.ClH/c1-13-7-4-2-3-6(5-7)10-8(12)11-9;/h2-5H,9H2,1H3,(H2,10,11,12);1H. The van der Waals surface area contributed by atoms with Crippen LogP contribution in [0, 0.1) is 0 Å². The molecule has 0 atom stereocenters. The van der Waals surface area contributed by atoms with Crippen molar-refractivity contribution >= 4 is 24.1 Å². The van der Waals surface area contributed by atoms with Crippen molar-refractivity contribution in [3.05, 3.63) is 24.3 Å². The minimum absolute atomic E-state index is 0. The number of benzene rings is 1. The van der Waals surface area contributed by atoms with Gasteiger partial charge in [0.1, 0.15) is 5.75 Å². The highest BCUT2D eigenvalue weighted by molar-refractivity contribution is 5.88. The third kappa shape index (κ3) is 3.51. The van der Waals surface area contributed by atoms with Gasteiger partial charge in [0.2, 0.25) is 0 Å². The van der Waals surface area contributed by atoms with Crippen LogP contribution >= 0.6 is 12.4 Å². The Balaban J connectivity index is 0.00000169. The molecular weight excluding hydrogens is 206 g/mol. The van der Waals surface area contributed by atoms with Crippen molar-refractivity contribution in [1.82, 2.24) is 5.43 Å². The maximum absolute atomic E-state index is 10.8. The molecule has 0 saturated carbocycles. The molecule has 0 bridgehead atoms. The molecule has 2 amide bonds. The molecule has 6 heteroatoms. The Bertz CT molecular complexity index is 306. The molecule has 0 aromatic heterocycles. The van der Waals surface area contributed by atoms with Crippen molar-refractivity contribution in [3.8, 4) is 5.75 Å². The lowest BCUT2D eigenvalue weighted by Gasteiger charge is -2.05. The van der Waals surface area contributed by atoms with Crippen molar-refractivity contribution in [1.29, 1.82) is 0 Å². The number of carbonyl (C=O) groups is 1. The van der Waals surface area contributed by atoms with Gasteiger partial charge in [0, 0.05) is 11.8 Å². The van der Waals surface area contributed by atoms with Gasteiger partial charge in [-0.1, -0.05) is 6.07 Å². The monoisotopic (exact) mass is 217 g/mol. The average Bonchev–Trinajstić information content (AvgIpc) is 2.18. The number of carbonyl (C=O) groups excluding carboxylic acids is 1. The first-order chi connectivity index (χ1) is 6.26. The van der Waals surface area contributed by atoms with E-state index >= 15 is 0 Å². The van der Waals surface area contributed by atoms with Crippen LogP contribution in [0.2, 0.25) is 0 Å². The highest BCUT2D eigenvalue weighted by Crippen LogP contribution is 2.16. The zero-order chi connectivity index (χ0) is 9.68. The summed E-state index contributed by atoms with van der Waals surface area (Å²) >= 11 is 0. The first-order valence-electron chi connectivity index (χ1n) is 3.68. The van der Waals surface area contributed by atoms with Gasteiger partial charge in [-0.25, -0.2) is 10.6 Å². The lowest BCUT2D eigenvalue weighted by Crippen LogP contribution is -2.34. The smallest absolute Gasteiger partial charge is 0.333 e. The van der Waals surface area contributed by atoms with Crippen LogP contribution in [0.5, 0.6) is 5.75 Å². The summed E-state index contributed by atoms with van der Waals surface area (Å²) < 4.78 is 4.97. The second-order valence-corrected chi connectivity index (χ2v) is 2.33. The highest BCUT2D eigenvalue weighted by Gasteiger charge is 1.98. The number of hydrogen-bond acceptors (Lipinski definition) is 3. The molecule has 4 N–H and O–H groups in total. The summed E-state index contributed by atoms with van der Waals surface area (Å²) in [6, 6.07) is 6.51. The fraction of sp³-hybridized carbons (Fsp3) is 0.125. The molecule has 0 heterocycles. The molecule has 0 spiro atoms. The molecule has 0 aliphatic heterocycles. The third-order valence-corrected chi connectivity index (χ3v) is 1.46. The number of nitrogens with one attached hydrogen (secondary N) is 2. The molecule has 1 aromatic carbocycles. The summed E-state index contributed by atoms with van der Waals surface area (Å²) in [6.45, 7) is 0. The number of hydrogen-bond donors (Lipinski definition) is 3. The molecule has 14 heavy (non-hydrogen) atoms. The SMILES string of the molecule is COc1cccc(NC(=O)NN)c1.Cl. The maximum atomic E-state index is 10.8. The van der Waals surface area contributed by atoms with Gasteiger partial charge in [-0.2, -0.15) is 0 Å². The summed E-state index contributed by atoms with van der Waals surface area (Å²) in [6.07, 6.45) is 0. The molecule has 1 rings (SSSR count). The average molecular weight is 218 g/mol. The van der Waals surface area contributed by atoms with Gasteiger partial charge in [-0.3, -0.25) is 5.43 Å². The summed E-state index contributed by atoms with van der Waals surface area (Å²) in [5, 5.41) is 2.51. The van der Waals surface area contributed by atoms with E-state index in [-0.39, 0.29) is 12.4 Å². The van der Waals surface area contributed by atoms with Gasteiger partial charge >= 0.3 is 6.03 Å². The lowest BCUT2D eigenvalue weighted by atomic mass is 10.3. The Kier molecular flexibility index (Phi) is 5.43. The van der Waals surface area contributed by atoms with Crippen molar-refractivity contribution in [2.75, 3.05) is 12.4 Å². The molecule has 5 nitrogen and oxygen atoms in total. The normalized spacial score (nSPS) is 8.43. The Labute approximate surface area is 88.0 Å². The fourth-order valence-corrected chi connectivity index (χ4v) is 0.868. The van der Waals surface area contributed by atoms with Crippen molar-refractivity contribution in [2.24, 2.45) is 5.84 Å². The van der Waals surface area contributed by atoms with Gasteiger partial charge in [0.15, 0.2) is 0 Å². The largest absolute Gasteiger partial charge is 0.497 e. The molecule has 0 radical (unpaired) electrons. The zero-order valence-electron chi connectivity index (χ0n) is 7.61. The number of ether oxygens (including phenoxy) is 1. The van der Waals surface area contributed by atoms with Gasteiger partial charge in [-0.05, 0) is 12.1 Å². The number of hydrazine groups is 1. The predicted octanol–water partition coefficient (Wildman–Crippen LogP) is 1.11. The number of halogens is 1. The van der Waals surface area contributed by atoms with E-state index in [1.54, 1.807) is 31.4 Å². The zero-order valence-corrected chi connectivity index (χ0v) is 8.43. The van der Waals surface area contributed by atoms with E-state index in [9.17, 15) is 4.79 Å². The predicted molar refractivity (Wildman–Crippen MR) is 56.6 cm³/mol. The molecule has 78 valence electrons. The van der Waals surface area contributed by atoms with Gasteiger partial charge < -0.3 is 10.1 Å². The summed E-state index contributed by atoms with van der Waals surface area (Å²) in [5.41, 5.74) is 2.59. The van der Waals surface area contributed by atoms with Crippen LogP contribution in [0.15, 0.2) is 24.3 Å². The topological polar surface area (TPSA) is 76.4 Å². The number of methoxy groups -OCH3 is 1. The summed E-state index contributed by atoms with van der Waals surface area (Å²) in [4.78, 5) is 10.8. The second-order valence-electron chi connectivity index (χ2n) is 2.33. The number of rotatable bonds is 2. The minimum Gasteiger partial charge on any atom is -0.497 e. The molecule has 0 saturated heterocycles. The fourth-order valence-electron chi connectivity index (χ4n) is 0.868. The summed E-state index contributed by atoms with van der Waals surface area (Å²) in [7, 11) is 1.56. The molecule has 0 unspecified atom stereocenters. The van der Waals surface area contributed by atoms with E-state index < -0.39 is 6.03 Å². The first-order valence-corrected chi connectivity index (χ1v) is 3.68. The van der Waals surface area contributed by atoms with Gasteiger partial charge in [0.25, 0.3) is 0 Å². The molecule has 0 fully saturated rings. The molecule has 1 aromatic rings. The number of urea groups is 1. The molecular formula is C8H12ClN3O2. The van der Waals surface area contributed by atoms with E-state index in [4.69, 9.17) is 10.6 Å². The second kappa shape index (κ2) is 6.06. The Morgan fingerprint density at radius 1 is 1.50 bits per heavy atom. The number of anilines is 1. The Morgan fingerprint density at radius 2 is 2.21 bits per heavy atom. The van der Waals surface area contributed by atoms with Crippen LogP contribution in [0.25, 0.3) is 0 Å². The van der Waals surface area contributed by atoms with Gasteiger partial charge in [-0.15, -0.1) is 12.4 Å². The van der Waals surface area contributed by atoms with Crippen LogP contribution in [0.4, 0.5) is 10.5 Å². The first kappa shape index (κ1) is 12.5. The Morgan fingerprint density at radius 3 is 2.79 bits per heavy atom. The van der Waals surface area contributed by atoms with Crippen LogP contribution in [-0.4, -0.2) is 13.1 Å². The van der Waals surface area contributed by atoms with E-state index in [0.29, 0.717) is 11.4 Å². The van der Waals surface area contributed by atoms with E-state index in [1.165, 1.54) is 0 Å². The van der Waals surface area contributed by atoms with E-state index in [0.717, 1.165) is 0 Å². The maximum Gasteiger partial charge on any atom is 0.333 e. The molecule has 0 aliphatic carbocycles. The third-order valence-electron chi connectivity index (χ3n) is 1.46. The van der Waals surface area contributed by atoms with Crippen LogP contribution < -0.4 is 21.3 Å². The number of nitrogens with two attached hydrogens (primary N) is 1. The number of amides is 2. The van der Waals surface area contributed by atoms with Crippen molar-refractivity contribution in [3.63, 3.8) is 0 Å². The van der Waals surface area contributed by atoms with Crippen molar-refractivity contribution < 1.29 is 9.53 Å². The van der Waals surface area contributed by atoms with Crippen LogP contribution in [0.1, 0.15) is 0 Å². The Hall–Kier alpha value is -1.46. The van der Waals surface area contributed by atoms with Crippen molar-refractivity contribution in [2.45, 2.75) is 0 Å². The van der Waals surface area contributed by atoms with E-state index in [1.807, 2.05) is 5.43 Å². The quantitative estimate of drug-likeness (QED) is 0.395. The van der Waals surface area contributed by atoms with Crippen LogP contribution in [-0.2, 0) is 0 Å².